The predicted molar refractivity (Wildman–Crippen MR) is 87.1 cm³/mol. The molecule has 1 heterocycles. The van der Waals surface area contributed by atoms with Crippen LogP contribution in [0.3, 0.4) is 0 Å². The smallest absolute Gasteiger partial charge is 0.242 e. The molecule has 0 radical (unpaired) electrons. The van der Waals surface area contributed by atoms with Gasteiger partial charge in [0.2, 0.25) is 11.9 Å². The normalized spacial score (nSPS) is 10.8. The van der Waals surface area contributed by atoms with Gasteiger partial charge in [-0.15, -0.1) is 0 Å². The highest BCUT2D eigenvalue weighted by Crippen LogP contribution is 2.17. The molecular formula is C17H18N4O. The number of rotatable bonds is 4. The summed E-state index contributed by atoms with van der Waals surface area (Å²) >= 11 is 0. The van der Waals surface area contributed by atoms with E-state index in [1.165, 1.54) is 0 Å². The number of carbonyl (C=O) groups excluding carboxylic acids is 1. The number of para-hydroxylation sites is 2. The van der Waals surface area contributed by atoms with Crippen molar-refractivity contribution in [3.63, 3.8) is 0 Å². The van der Waals surface area contributed by atoms with Gasteiger partial charge in [-0.2, -0.15) is 0 Å². The van der Waals surface area contributed by atoms with Gasteiger partial charge in [-0.05, 0) is 17.7 Å². The van der Waals surface area contributed by atoms with Crippen molar-refractivity contribution in [2.45, 2.75) is 13.1 Å². The van der Waals surface area contributed by atoms with E-state index in [2.05, 4.69) is 4.98 Å². The third-order valence-electron chi connectivity index (χ3n) is 3.67. The first-order chi connectivity index (χ1) is 10.6. The van der Waals surface area contributed by atoms with Crippen LogP contribution in [0.25, 0.3) is 11.0 Å². The van der Waals surface area contributed by atoms with Crippen LogP contribution in [0.15, 0.2) is 54.6 Å². The molecule has 0 aliphatic heterocycles. The fourth-order valence-electron chi connectivity index (χ4n) is 2.46. The van der Waals surface area contributed by atoms with Gasteiger partial charge in [0.1, 0.15) is 6.54 Å². The van der Waals surface area contributed by atoms with Gasteiger partial charge in [0.05, 0.1) is 11.0 Å². The van der Waals surface area contributed by atoms with E-state index in [0.29, 0.717) is 12.5 Å². The summed E-state index contributed by atoms with van der Waals surface area (Å²) in [5, 5.41) is 0. The molecule has 0 bridgehead atoms. The molecule has 0 unspecified atom stereocenters. The first kappa shape index (κ1) is 14.1. The summed E-state index contributed by atoms with van der Waals surface area (Å²) in [6, 6.07) is 17.5. The lowest BCUT2D eigenvalue weighted by Crippen LogP contribution is -2.30. The molecule has 0 atom stereocenters. The van der Waals surface area contributed by atoms with Gasteiger partial charge in [-0.3, -0.25) is 4.79 Å². The zero-order valence-corrected chi connectivity index (χ0v) is 12.4. The van der Waals surface area contributed by atoms with Crippen molar-refractivity contribution in [3.05, 3.63) is 60.2 Å². The van der Waals surface area contributed by atoms with Crippen molar-refractivity contribution in [1.82, 2.24) is 14.5 Å². The summed E-state index contributed by atoms with van der Waals surface area (Å²) in [6.07, 6.45) is 0. The van der Waals surface area contributed by atoms with Gasteiger partial charge in [0.15, 0.2) is 0 Å². The monoisotopic (exact) mass is 294 g/mol. The Bertz CT molecular complexity index is 795. The van der Waals surface area contributed by atoms with Crippen LogP contribution in [0.5, 0.6) is 0 Å². The van der Waals surface area contributed by atoms with Crippen LogP contribution < -0.4 is 5.73 Å². The lowest BCUT2D eigenvalue weighted by Gasteiger charge is -2.18. The molecule has 2 N–H and O–H groups in total. The SMILES string of the molecule is CN(Cc1ccccc1)C(=O)Cn1c(N)nc2ccccc21. The van der Waals surface area contributed by atoms with Crippen molar-refractivity contribution in [2.24, 2.45) is 0 Å². The summed E-state index contributed by atoms with van der Waals surface area (Å²) in [5.41, 5.74) is 8.71. The molecule has 0 fully saturated rings. The maximum absolute atomic E-state index is 12.4. The highest BCUT2D eigenvalue weighted by Gasteiger charge is 2.14. The minimum absolute atomic E-state index is 0.00120. The number of hydrogen-bond donors (Lipinski definition) is 1. The Labute approximate surface area is 129 Å². The minimum Gasteiger partial charge on any atom is -0.369 e. The molecule has 5 nitrogen and oxygen atoms in total. The summed E-state index contributed by atoms with van der Waals surface area (Å²) in [6.45, 7) is 0.766. The average Bonchev–Trinajstić information content (AvgIpc) is 2.84. The zero-order chi connectivity index (χ0) is 15.5. The third kappa shape index (κ3) is 2.79. The Kier molecular flexibility index (Phi) is 3.78. The van der Waals surface area contributed by atoms with Crippen molar-refractivity contribution >= 4 is 22.9 Å². The molecule has 112 valence electrons. The molecule has 0 saturated carbocycles. The molecule has 5 heteroatoms. The minimum atomic E-state index is -0.00120. The number of likely N-dealkylation sites (N-methyl/N-ethyl adjacent to an activating group) is 1. The number of aromatic nitrogens is 2. The van der Waals surface area contributed by atoms with Crippen molar-refractivity contribution in [3.8, 4) is 0 Å². The van der Waals surface area contributed by atoms with Crippen molar-refractivity contribution in [1.29, 1.82) is 0 Å². The van der Waals surface area contributed by atoms with E-state index in [1.807, 2.05) is 54.6 Å². The van der Waals surface area contributed by atoms with E-state index in [0.717, 1.165) is 16.6 Å². The number of nitrogens with two attached hydrogens (primary N) is 1. The van der Waals surface area contributed by atoms with Crippen molar-refractivity contribution in [2.75, 3.05) is 12.8 Å². The van der Waals surface area contributed by atoms with Crippen LogP contribution in [0.4, 0.5) is 5.95 Å². The van der Waals surface area contributed by atoms with E-state index in [-0.39, 0.29) is 12.5 Å². The fraction of sp³-hybridized carbons (Fsp3) is 0.176. The summed E-state index contributed by atoms with van der Waals surface area (Å²) in [5.74, 6) is 0.362. The molecule has 3 rings (SSSR count). The van der Waals surface area contributed by atoms with E-state index >= 15 is 0 Å². The molecule has 3 aromatic rings. The van der Waals surface area contributed by atoms with E-state index in [4.69, 9.17) is 5.73 Å². The van der Waals surface area contributed by atoms with Crippen LogP contribution in [0, 0.1) is 0 Å². The van der Waals surface area contributed by atoms with E-state index < -0.39 is 0 Å². The number of nitrogen functional groups attached to an aromatic ring is 1. The average molecular weight is 294 g/mol. The lowest BCUT2D eigenvalue weighted by atomic mass is 10.2. The Hall–Kier alpha value is -2.82. The molecule has 0 aliphatic carbocycles. The molecule has 0 spiro atoms. The molecule has 1 amide bonds. The van der Waals surface area contributed by atoms with Crippen LogP contribution in [0.2, 0.25) is 0 Å². The molecule has 0 aliphatic rings. The number of nitrogens with zero attached hydrogens (tertiary/aromatic N) is 3. The standard InChI is InChI=1S/C17H18N4O/c1-20(11-13-7-3-2-4-8-13)16(22)12-21-15-10-6-5-9-14(15)19-17(21)18/h2-10H,11-12H2,1H3,(H2,18,19). The molecule has 0 saturated heterocycles. The summed E-state index contributed by atoms with van der Waals surface area (Å²) in [7, 11) is 1.80. The summed E-state index contributed by atoms with van der Waals surface area (Å²) in [4.78, 5) is 18.4. The molecule has 2 aromatic carbocycles. The number of imidazole rings is 1. The topological polar surface area (TPSA) is 64.2 Å². The van der Waals surface area contributed by atoms with Gasteiger partial charge in [0.25, 0.3) is 0 Å². The third-order valence-corrected chi connectivity index (χ3v) is 3.67. The number of amides is 1. The van der Waals surface area contributed by atoms with Gasteiger partial charge in [0, 0.05) is 13.6 Å². The predicted octanol–water partition coefficient (Wildman–Crippen LogP) is 2.28. The number of carbonyl (C=O) groups is 1. The van der Waals surface area contributed by atoms with Crippen LogP contribution in [-0.4, -0.2) is 27.4 Å². The number of anilines is 1. The highest BCUT2D eigenvalue weighted by atomic mass is 16.2. The number of fused-ring (bicyclic) bond motifs is 1. The highest BCUT2D eigenvalue weighted by molar-refractivity contribution is 5.82. The molecule has 22 heavy (non-hydrogen) atoms. The van der Waals surface area contributed by atoms with Crippen molar-refractivity contribution < 1.29 is 4.79 Å². The second-order valence-electron chi connectivity index (χ2n) is 5.28. The van der Waals surface area contributed by atoms with Crippen LogP contribution in [0.1, 0.15) is 5.56 Å². The second-order valence-corrected chi connectivity index (χ2v) is 5.28. The second kappa shape index (κ2) is 5.89. The van der Waals surface area contributed by atoms with Crippen LogP contribution in [-0.2, 0) is 17.9 Å². The van der Waals surface area contributed by atoms with Gasteiger partial charge >= 0.3 is 0 Å². The molecular weight excluding hydrogens is 276 g/mol. The first-order valence-corrected chi connectivity index (χ1v) is 7.14. The van der Waals surface area contributed by atoms with Gasteiger partial charge < -0.3 is 15.2 Å². The zero-order valence-electron chi connectivity index (χ0n) is 12.4. The Morgan fingerprint density at radius 3 is 2.59 bits per heavy atom. The Morgan fingerprint density at radius 1 is 1.14 bits per heavy atom. The van der Waals surface area contributed by atoms with Gasteiger partial charge in [-0.1, -0.05) is 42.5 Å². The quantitative estimate of drug-likeness (QED) is 0.803. The maximum Gasteiger partial charge on any atom is 0.242 e. The van der Waals surface area contributed by atoms with E-state index in [1.54, 1.807) is 16.5 Å². The fourth-order valence-corrected chi connectivity index (χ4v) is 2.46. The Morgan fingerprint density at radius 2 is 1.82 bits per heavy atom. The van der Waals surface area contributed by atoms with Crippen LogP contribution >= 0.6 is 0 Å². The lowest BCUT2D eigenvalue weighted by molar-refractivity contribution is -0.130. The maximum atomic E-state index is 12.4. The molecule has 1 aromatic heterocycles. The van der Waals surface area contributed by atoms with Gasteiger partial charge in [-0.25, -0.2) is 4.98 Å². The Balaban J connectivity index is 1.77. The van der Waals surface area contributed by atoms with E-state index in [9.17, 15) is 4.79 Å². The first-order valence-electron chi connectivity index (χ1n) is 7.14. The number of benzene rings is 2. The number of hydrogen-bond acceptors (Lipinski definition) is 3. The largest absolute Gasteiger partial charge is 0.369 e. The summed E-state index contributed by atoms with van der Waals surface area (Å²) < 4.78 is 1.75.